The second kappa shape index (κ2) is 14.5. The van der Waals surface area contributed by atoms with E-state index in [1.807, 2.05) is 45.9 Å². The fourth-order valence-corrected chi connectivity index (χ4v) is 3.06. The van der Waals surface area contributed by atoms with E-state index in [1.165, 1.54) is 13.3 Å². The largest absolute Gasteiger partial charge is 0.493 e. The lowest BCUT2D eigenvalue weighted by Crippen LogP contribution is -2.38. The van der Waals surface area contributed by atoms with Crippen LogP contribution in [0.4, 0.5) is 5.69 Å². The van der Waals surface area contributed by atoms with Crippen LogP contribution in [-0.2, 0) is 19.1 Å². The van der Waals surface area contributed by atoms with Gasteiger partial charge in [-0.2, -0.15) is 5.10 Å². The topological polar surface area (TPSA) is 127 Å². The van der Waals surface area contributed by atoms with Gasteiger partial charge in [-0.05, 0) is 69.5 Å². The highest BCUT2D eigenvalue weighted by Crippen LogP contribution is 2.27. The van der Waals surface area contributed by atoms with Crippen LogP contribution < -0.4 is 25.5 Å². The fourth-order valence-electron chi connectivity index (χ4n) is 3.06. The first-order valence-corrected chi connectivity index (χ1v) is 11.6. The molecule has 10 heteroatoms. The Morgan fingerprint density at radius 2 is 1.81 bits per heavy atom. The van der Waals surface area contributed by atoms with Crippen molar-refractivity contribution in [1.82, 2.24) is 10.7 Å². The Bertz CT molecular complexity index is 1080. The summed E-state index contributed by atoms with van der Waals surface area (Å²) < 4.78 is 16.3. The van der Waals surface area contributed by atoms with Crippen LogP contribution in [0.15, 0.2) is 41.5 Å². The molecule has 0 aromatic heterocycles. The van der Waals surface area contributed by atoms with Gasteiger partial charge in [0.2, 0.25) is 0 Å². The summed E-state index contributed by atoms with van der Waals surface area (Å²) >= 11 is 0. The predicted octanol–water partition coefficient (Wildman–Crippen LogP) is 2.71. The number of anilines is 1. The van der Waals surface area contributed by atoms with Gasteiger partial charge in [-0.25, -0.2) is 5.43 Å². The maximum atomic E-state index is 12.3. The summed E-state index contributed by atoms with van der Waals surface area (Å²) in [7, 11) is 1.47. The fraction of sp³-hybridized carbons (Fsp3) is 0.385. The van der Waals surface area contributed by atoms with E-state index in [1.54, 1.807) is 18.2 Å². The molecule has 3 amide bonds. The van der Waals surface area contributed by atoms with E-state index in [-0.39, 0.29) is 18.6 Å². The zero-order chi connectivity index (χ0) is 26.5. The van der Waals surface area contributed by atoms with Crippen molar-refractivity contribution in [2.24, 2.45) is 5.10 Å². The monoisotopic (exact) mass is 498 g/mol. The van der Waals surface area contributed by atoms with Crippen molar-refractivity contribution in [2.45, 2.75) is 40.2 Å². The van der Waals surface area contributed by atoms with Gasteiger partial charge >= 0.3 is 11.8 Å². The van der Waals surface area contributed by atoms with Crippen LogP contribution in [0.2, 0.25) is 0 Å². The molecule has 10 nitrogen and oxygen atoms in total. The molecule has 0 heterocycles. The Morgan fingerprint density at radius 3 is 2.50 bits per heavy atom. The zero-order valence-corrected chi connectivity index (χ0v) is 21.3. The number of amides is 3. The van der Waals surface area contributed by atoms with Crippen LogP contribution in [0.25, 0.3) is 0 Å². The van der Waals surface area contributed by atoms with E-state index in [0.717, 1.165) is 16.8 Å². The van der Waals surface area contributed by atoms with Crippen LogP contribution in [0.3, 0.4) is 0 Å². The third-order valence-corrected chi connectivity index (χ3v) is 4.85. The number of nitrogens with one attached hydrogen (secondary N) is 3. The molecule has 0 saturated carbocycles. The Labute approximate surface area is 211 Å². The Balaban J connectivity index is 1.83. The molecule has 0 aliphatic carbocycles. The predicted molar refractivity (Wildman–Crippen MR) is 137 cm³/mol. The third kappa shape index (κ3) is 9.75. The summed E-state index contributed by atoms with van der Waals surface area (Å²) in [6.45, 7) is 8.37. The molecule has 0 fully saturated rings. The van der Waals surface area contributed by atoms with Gasteiger partial charge in [-0.15, -0.1) is 0 Å². The Hall–Kier alpha value is -3.92. The van der Waals surface area contributed by atoms with Crippen LogP contribution in [0, 0.1) is 13.8 Å². The standard InChI is InChI=1S/C26H34N4O6/c1-17(2)35-12-6-11-27-25(32)26(33)30-28-15-20-8-10-22(23(14-20)34-5)36-16-24(31)29-21-9-7-18(3)13-19(21)4/h7-10,13-15,17H,6,11-12,16H2,1-5H3,(H,27,32)(H,29,31)(H,30,33)/b28-15-. The molecule has 3 N–H and O–H groups in total. The number of benzene rings is 2. The first-order chi connectivity index (χ1) is 17.2. The smallest absolute Gasteiger partial charge is 0.329 e. The van der Waals surface area contributed by atoms with E-state index in [9.17, 15) is 14.4 Å². The number of ether oxygens (including phenoxy) is 3. The lowest BCUT2D eigenvalue weighted by molar-refractivity contribution is -0.139. The maximum Gasteiger partial charge on any atom is 0.329 e. The van der Waals surface area contributed by atoms with Gasteiger partial charge in [-0.3, -0.25) is 14.4 Å². The summed E-state index contributed by atoms with van der Waals surface area (Å²) in [5.74, 6) is -1.21. The second-order valence-electron chi connectivity index (χ2n) is 8.29. The van der Waals surface area contributed by atoms with Crippen molar-refractivity contribution in [1.29, 1.82) is 0 Å². The van der Waals surface area contributed by atoms with Crippen molar-refractivity contribution in [3.8, 4) is 11.5 Å². The Morgan fingerprint density at radius 1 is 1.03 bits per heavy atom. The van der Waals surface area contributed by atoms with Crippen molar-refractivity contribution >= 4 is 29.6 Å². The molecule has 0 aliphatic heterocycles. The number of carbonyl (C=O) groups is 3. The minimum Gasteiger partial charge on any atom is -0.493 e. The highest BCUT2D eigenvalue weighted by molar-refractivity contribution is 6.35. The summed E-state index contributed by atoms with van der Waals surface area (Å²) in [5.41, 5.74) is 5.56. The van der Waals surface area contributed by atoms with Gasteiger partial charge in [0.1, 0.15) is 0 Å². The van der Waals surface area contributed by atoms with Crippen molar-refractivity contribution < 1.29 is 28.6 Å². The number of hydrazone groups is 1. The van der Waals surface area contributed by atoms with Crippen LogP contribution in [-0.4, -0.2) is 56.9 Å². The number of aryl methyl sites for hydroxylation is 2. The van der Waals surface area contributed by atoms with Crippen molar-refractivity contribution in [2.75, 3.05) is 32.2 Å². The first kappa shape index (κ1) is 28.3. The number of nitrogens with zero attached hydrogens (tertiary/aromatic N) is 1. The van der Waals surface area contributed by atoms with Crippen LogP contribution in [0.1, 0.15) is 37.0 Å². The number of carbonyl (C=O) groups excluding carboxylic acids is 3. The molecule has 2 aromatic carbocycles. The van der Waals surface area contributed by atoms with Crippen molar-refractivity contribution in [3.63, 3.8) is 0 Å². The molecular formula is C26H34N4O6. The first-order valence-electron chi connectivity index (χ1n) is 11.6. The average molecular weight is 499 g/mol. The summed E-state index contributed by atoms with van der Waals surface area (Å²) in [6.07, 6.45) is 2.08. The van der Waals surface area contributed by atoms with E-state index < -0.39 is 11.8 Å². The molecular weight excluding hydrogens is 464 g/mol. The molecule has 0 bridgehead atoms. The van der Waals surface area contributed by atoms with Gasteiger partial charge in [0.15, 0.2) is 18.1 Å². The molecule has 194 valence electrons. The summed E-state index contributed by atoms with van der Waals surface area (Å²) in [4.78, 5) is 35.9. The molecule has 0 radical (unpaired) electrons. The molecule has 2 aromatic rings. The number of hydrogen-bond acceptors (Lipinski definition) is 7. The van der Waals surface area contributed by atoms with Gasteiger partial charge in [0.05, 0.1) is 19.4 Å². The van der Waals surface area contributed by atoms with Crippen molar-refractivity contribution in [3.05, 3.63) is 53.1 Å². The maximum absolute atomic E-state index is 12.3. The van der Waals surface area contributed by atoms with Crippen LogP contribution >= 0.6 is 0 Å². The highest BCUT2D eigenvalue weighted by Gasteiger charge is 2.12. The van der Waals surface area contributed by atoms with E-state index >= 15 is 0 Å². The quantitative estimate of drug-likeness (QED) is 0.179. The number of methoxy groups -OCH3 is 1. The highest BCUT2D eigenvalue weighted by atomic mass is 16.5. The van der Waals surface area contributed by atoms with E-state index in [2.05, 4.69) is 21.2 Å². The molecule has 0 unspecified atom stereocenters. The molecule has 0 atom stereocenters. The van der Waals surface area contributed by atoms with E-state index in [0.29, 0.717) is 36.6 Å². The minimum atomic E-state index is -0.877. The molecule has 36 heavy (non-hydrogen) atoms. The van der Waals surface area contributed by atoms with Crippen LogP contribution in [0.5, 0.6) is 11.5 Å². The molecule has 0 saturated heterocycles. The normalized spacial score (nSPS) is 10.8. The molecule has 0 spiro atoms. The average Bonchev–Trinajstić information content (AvgIpc) is 2.84. The minimum absolute atomic E-state index is 0.116. The number of rotatable bonds is 12. The third-order valence-electron chi connectivity index (χ3n) is 4.85. The van der Waals surface area contributed by atoms with Gasteiger partial charge in [0, 0.05) is 18.8 Å². The summed E-state index contributed by atoms with van der Waals surface area (Å²) in [5, 5.41) is 9.12. The van der Waals surface area contributed by atoms with E-state index in [4.69, 9.17) is 14.2 Å². The summed E-state index contributed by atoms with van der Waals surface area (Å²) in [6, 6.07) is 10.7. The molecule has 2 rings (SSSR count). The Kier molecular flexibility index (Phi) is 11.4. The second-order valence-corrected chi connectivity index (χ2v) is 8.29. The SMILES string of the molecule is COc1cc(/C=N\NC(=O)C(=O)NCCCOC(C)C)ccc1OCC(=O)Nc1ccc(C)cc1C. The van der Waals surface area contributed by atoms with Gasteiger partial charge in [-0.1, -0.05) is 17.7 Å². The molecule has 0 aliphatic rings. The number of hydrogen-bond donors (Lipinski definition) is 3. The lowest BCUT2D eigenvalue weighted by Gasteiger charge is -2.12. The lowest BCUT2D eigenvalue weighted by atomic mass is 10.1. The van der Waals surface area contributed by atoms with Gasteiger partial charge in [0.25, 0.3) is 5.91 Å². The van der Waals surface area contributed by atoms with Gasteiger partial charge < -0.3 is 24.8 Å². The zero-order valence-electron chi connectivity index (χ0n) is 21.3.